The van der Waals surface area contributed by atoms with Gasteiger partial charge in [-0.05, 0) is 30.2 Å². The molecule has 0 spiro atoms. The van der Waals surface area contributed by atoms with E-state index in [2.05, 4.69) is 0 Å². The first-order chi connectivity index (χ1) is 16.8. The van der Waals surface area contributed by atoms with Crippen LogP contribution >= 0.6 is 11.6 Å². The number of morpholine rings is 1. The first kappa shape index (κ1) is 26.6. The summed E-state index contributed by atoms with van der Waals surface area (Å²) in [4.78, 5) is 30.1. The molecule has 1 saturated heterocycles. The highest BCUT2D eigenvalue weighted by molar-refractivity contribution is 6.33. The van der Waals surface area contributed by atoms with E-state index in [9.17, 15) is 9.59 Å². The van der Waals surface area contributed by atoms with Crippen molar-refractivity contribution in [3.8, 4) is 17.2 Å². The molecule has 190 valence electrons. The minimum absolute atomic E-state index is 0.143. The normalized spacial score (nSPS) is 15.6. The molecule has 3 rings (SSSR count). The van der Waals surface area contributed by atoms with E-state index in [0.29, 0.717) is 66.2 Å². The van der Waals surface area contributed by atoms with Crippen molar-refractivity contribution in [3.05, 3.63) is 52.5 Å². The third-order valence-electron chi connectivity index (χ3n) is 5.74. The van der Waals surface area contributed by atoms with Gasteiger partial charge in [-0.2, -0.15) is 0 Å². The molecule has 2 aromatic carbocycles. The highest BCUT2D eigenvalue weighted by atomic mass is 35.5. The summed E-state index contributed by atoms with van der Waals surface area (Å²) in [7, 11) is 4.54. The monoisotopic (exact) mass is 504 g/mol. The number of methoxy groups -OCH3 is 3. The van der Waals surface area contributed by atoms with Crippen LogP contribution < -0.4 is 14.2 Å². The average Bonchev–Trinajstić information content (AvgIpc) is 2.86. The van der Waals surface area contributed by atoms with Gasteiger partial charge in [-0.1, -0.05) is 37.6 Å². The summed E-state index contributed by atoms with van der Waals surface area (Å²) in [6.45, 7) is 6.16. The lowest BCUT2D eigenvalue weighted by molar-refractivity contribution is -0.0340. The first-order valence-corrected chi connectivity index (χ1v) is 11.9. The summed E-state index contributed by atoms with van der Waals surface area (Å²) in [5, 5.41) is 0.416. The second-order valence-corrected chi connectivity index (χ2v) is 9.15. The molecule has 9 heteroatoms. The number of carbonyl (C=O) groups is 2. The van der Waals surface area contributed by atoms with Gasteiger partial charge in [-0.3, -0.25) is 9.59 Å². The van der Waals surface area contributed by atoms with Crippen LogP contribution in [0.3, 0.4) is 0 Å². The molecule has 2 aromatic rings. The van der Waals surface area contributed by atoms with Gasteiger partial charge in [0.2, 0.25) is 5.75 Å². The Morgan fingerprint density at radius 3 is 2.34 bits per heavy atom. The number of nitrogens with zero attached hydrogens (tertiary/aromatic N) is 2. The number of benzene rings is 2. The number of halogens is 1. The summed E-state index contributed by atoms with van der Waals surface area (Å²) in [6.07, 6.45) is -0.333. The van der Waals surface area contributed by atoms with Crippen molar-refractivity contribution in [2.45, 2.75) is 20.0 Å². The molecule has 0 N–H and O–H groups in total. The molecule has 1 atom stereocenters. The van der Waals surface area contributed by atoms with Crippen LogP contribution in [0.25, 0.3) is 0 Å². The molecule has 0 aliphatic carbocycles. The molecule has 2 amide bonds. The second kappa shape index (κ2) is 12.1. The average molecular weight is 505 g/mol. The Kier molecular flexibility index (Phi) is 9.23. The fourth-order valence-electron chi connectivity index (χ4n) is 4.13. The molecule has 1 fully saturated rings. The van der Waals surface area contributed by atoms with Gasteiger partial charge in [-0.15, -0.1) is 0 Å². The fourth-order valence-corrected chi connectivity index (χ4v) is 4.35. The van der Waals surface area contributed by atoms with E-state index in [1.54, 1.807) is 46.2 Å². The van der Waals surface area contributed by atoms with Gasteiger partial charge in [-0.25, -0.2) is 0 Å². The smallest absolute Gasteiger partial charge is 0.255 e. The van der Waals surface area contributed by atoms with Gasteiger partial charge < -0.3 is 28.7 Å². The van der Waals surface area contributed by atoms with Crippen molar-refractivity contribution in [2.24, 2.45) is 5.92 Å². The Morgan fingerprint density at radius 1 is 1.11 bits per heavy atom. The van der Waals surface area contributed by atoms with Crippen LogP contribution in [0, 0.1) is 5.92 Å². The summed E-state index contributed by atoms with van der Waals surface area (Å²) < 4.78 is 22.2. The quantitative estimate of drug-likeness (QED) is 0.513. The molecule has 0 aromatic heterocycles. The predicted molar refractivity (Wildman–Crippen MR) is 134 cm³/mol. The maximum Gasteiger partial charge on any atom is 0.255 e. The van der Waals surface area contributed by atoms with Crippen molar-refractivity contribution in [2.75, 3.05) is 54.1 Å². The van der Waals surface area contributed by atoms with Crippen LogP contribution in [-0.4, -0.2) is 81.8 Å². The summed E-state index contributed by atoms with van der Waals surface area (Å²) in [6, 6.07) is 10.3. The molecule has 0 bridgehead atoms. The van der Waals surface area contributed by atoms with Gasteiger partial charge in [0.1, 0.15) is 0 Å². The number of amides is 2. The summed E-state index contributed by atoms with van der Waals surface area (Å²) in [5.41, 5.74) is 0.877. The standard InChI is InChI=1S/C26H33ClN2O6/c1-17(2)14-29(25(30)18-12-22(32-3)24(34-5)23(13-18)33-4)16-19-15-28(10-11-35-19)26(31)20-8-6-7-9-21(20)27/h6-9,12-13,17,19H,10-11,14-16H2,1-5H3/t19-/m0/s1. The number of carbonyl (C=O) groups excluding carboxylic acids is 2. The van der Waals surface area contributed by atoms with E-state index in [4.69, 9.17) is 30.5 Å². The van der Waals surface area contributed by atoms with Crippen LogP contribution in [0.2, 0.25) is 5.02 Å². The molecular formula is C26H33ClN2O6. The molecule has 1 heterocycles. The zero-order valence-corrected chi connectivity index (χ0v) is 21.6. The zero-order valence-electron chi connectivity index (χ0n) is 20.9. The molecule has 35 heavy (non-hydrogen) atoms. The Bertz CT molecular complexity index is 1020. The van der Waals surface area contributed by atoms with Gasteiger partial charge in [0.15, 0.2) is 11.5 Å². The molecule has 8 nitrogen and oxygen atoms in total. The maximum absolute atomic E-state index is 13.6. The Balaban J connectivity index is 1.80. The predicted octanol–water partition coefficient (Wildman–Crippen LogP) is 4.01. The van der Waals surface area contributed by atoms with Crippen LogP contribution in [0.5, 0.6) is 17.2 Å². The van der Waals surface area contributed by atoms with Crippen molar-refractivity contribution in [1.82, 2.24) is 9.80 Å². The molecule has 0 saturated carbocycles. The second-order valence-electron chi connectivity index (χ2n) is 8.74. The Hall–Kier alpha value is -2.97. The lowest BCUT2D eigenvalue weighted by Gasteiger charge is -2.36. The maximum atomic E-state index is 13.6. The highest BCUT2D eigenvalue weighted by Crippen LogP contribution is 2.38. The van der Waals surface area contributed by atoms with E-state index in [0.717, 1.165) is 0 Å². The van der Waals surface area contributed by atoms with Crippen molar-refractivity contribution in [3.63, 3.8) is 0 Å². The van der Waals surface area contributed by atoms with Crippen molar-refractivity contribution < 1.29 is 28.5 Å². The Labute approximate surface area is 211 Å². The number of hydrogen-bond donors (Lipinski definition) is 0. The van der Waals surface area contributed by atoms with Crippen LogP contribution in [0.1, 0.15) is 34.6 Å². The largest absolute Gasteiger partial charge is 0.493 e. The van der Waals surface area contributed by atoms with E-state index in [1.165, 1.54) is 21.3 Å². The zero-order chi connectivity index (χ0) is 25.5. The number of rotatable bonds is 9. The van der Waals surface area contributed by atoms with Crippen LogP contribution in [0.4, 0.5) is 0 Å². The third-order valence-corrected chi connectivity index (χ3v) is 6.07. The minimum atomic E-state index is -0.333. The summed E-state index contributed by atoms with van der Waals surface area (Å²) in [5.74, 6) is 1.14. The number of ether oxygens (including phenoxy) is 4. The molecule has 1 aliphatic rings. The fraction of sp³-hybridized carbons (Fsp3) is 0.462. The van der Waals surface area contributed by atoms with E-state index < -0.39 is 0 Å². The first-order valence-electron chi connectivity index (χ1n) is 11.5. The number of hydrogen-bond acceptors (Lipinski definition) is 6. The van der Waals surface area contributed by atoms with E-state index >= 15 is 0 Å². The van der Waals surface area contributed by atoms with Gasteiger partial charge in [0.05, 0.1) is 44.6 Å². The molecule has 1 aliphatic heterocycles. The third kappa shape index (κ3) is 6.38. The molecular weight excluding hydrogens is 472 g/mol. The lowest BCUT2D eigenvalue weighted by atomic mass is 10.1. The van der Waals surface area contributed by atoms with Crippen molar-refractivity contribution >= 4 is 23.4 Å². The Morgan fingerprint density at radius 2 is 1.77 bits per heavy atom. The summed E-state index contributed by atoms with van der Waals surface area (Å²) >= 11 is 6.24. The van der Waals surface area contributed by atoms with E-state index in [-0.39, 0.29) is 23.8 Å². The van der Waals surface area contributed by atoms with Crippen molar-refractivity contribution in [1.29, 1.82) is 0 Å². The SMILES string of the molecule is COc1cc(C(=O)N(CC(C)C)C[C@@H]2CN(C(=O)c3ccccc3Cl)CCO2)cc(OC)c1OC. The lowest BCUT2D eigenvalue weighted by Crippen LogP contribution is -2.51. The minimum Gasteiger partial charge on any atom is -0.493 e. The topological polar surface area (TPSA) is 77.5 Å². The van der Waals surface area contributed by atoms with Crippen LogP contribution in [0.15, 0.2) is 36.4 Å². The highest BCUT2D eigenvalue weighted by Gasteiger charge is 2.30. The van der Waals surface area contributed by atoms with Gasteiger partial charge in [0.25, 0.3) is 11.8 Å². The molecule has 0 unspecified atom stereocenters. The van der Waals surface area contributed by atoms with Gasteiger partial charge >= 0.3 is 0 Å². The van der Waals surface area contributed by atoms with E-state index in [1.807, 2.05) is 13.8 Å². The van der Waals surface area contributed by atoms with Crippen LogP contribution in [-0.2, 0) is 4.74 Å². The van der Waals surface area contributed by atoms with Gasteiger partial charge in [0, 0.05) is 31.7 Å². The molecule has 0 radical (unpaired) electrons.